The van der Waals surface area contributed by atoms with Crippen molar-refractivity contribution in [3.63, 3.8) is 0 Å². The summed E-state index contributed by atoms with van der Waals surface area (Å²) in [6.45, 7) is 0.873. The maximum atomic E-state index is 5.55. The van der Waals surface area contributed by atoms with Crippen LogP contribution in [0.3, 0.4) is 0 Å². The first-order chi connectivity index (χ1) is 3.84. The number of ether oxygens (including phenoxy) is 1. The van der Waals surface area contributed by atoms with Gasteiger partial charge in [0.2, 0.25) is 0 Å². The molecule has 1 fully saturated rings. The predicted octanol–water partition coefficient (Wildman–Crippen LogP) is 0.370. The van der Waals surface area contributed by atoms with Crippen LogP contribution in [0.25, 0.3) is 0 Å². The third-order valence-corrected chi connectivity index (χ3v) is 1.67. The molecule has 0 saturated heterocycles. The van der Waals surface area contributed by atoms with E-state index in [4.69, 9.17) is 10.5 Å². The topological polar surface area (TPSA) is 35.2 Å². The number of hydrogen-bond acceptors (Lipinski definition) is 2. The van der Waals surface area contributed by atoms with Crippen molar-refractivity contribution in [1.82, 2.24) is 0 Å². The van der Waals surface area contributed by atoms with E-state index in [-0.39, 0.29) is 0 Å². The van der Waals surface area contributed by atoms with E-state index in [0.717, 1.165) is 18.9 Å². The first-order valence-electron chi connectivity index (χ1n) is 3.09. The Kier molecular flexibility index (Phi) is 1.86. The summed E-state index contributed by atoms with van der Waals surface area (Å²) in [5.41, 5.74) is 5.55. The first kappa shape index (κ1) is 6.05. The quantitative estimate of drug-likeness (QED) is 0.576. The molecule has 1 aliphatic carbocycles. The highest BCUT2D eigenvalue weighted by Gasteiger charge is 2.32. The highest BCUT2D eigenvalue weighted by atomic mass is 16.5. The molecule has 0 spiro atoms. The molecular weight excluding hydrogens is 102 g/mol. The minimum atomic E-state index is 0.491. The molecule has 48 valence electrons. The highest BCUT2D eigenvalue weighted by molar-refractivity contribution is 4.89. The molecule has 0 amide bonds. The Bertz CT molecular complexity index is 74.9. The Balaban J connectivity index is 1.89. The molecular formula is C6H13NO. The van der Waals surface area contributed by atoms with Gasteiger partial charge in [-0.05, 0) is 18.8 Å². The van der Waals surface area contributed by atoms with E-state index in [1.807, 2.05) is 0 Å². The number of hydrogen-bond donors (Lipinski definition) is 1. The fourth-order valence-corrected chi connectivity index (χ4v) is 0.872. The fourth-order valence-electron chi connectivity index (χ4n) is 0.872. The molecule has 2 N–H and O–H groups in total. The van der Waals surface area contributed by atoms with Crippen molar-refractivity contribution in [1.29, 1.82) is 0 Å². The predicted molar refractivity (Wildman–Crippen MR) is 32.6 cm³/mol. The van der Waals surface area contributed by atoms with Crippen molar-refractivity contribution in [3.8, 4) is 0 Å². The summed E-state index contributed by atoms with van der Waals surface area (Å²) >= 11 is 0. The monoisotopic (exact) mass is 115 g/mol. The molecule has 2 heteroatoms. The minimum Gasteiger partial charge on any atom is -0.385 e. The second kappa shape index (κ2) is 2.46. The summed E-state index contributed by atoms with van der Waals surface area (Å²) in [5, 5.41) is 0. The average molecular weight is 115 g/mol. The van der Waals surface area contributed by atoms with Crippen LogP contribution in [0.4, 0.5) is 0 Å². The van der Waals surface area contributed by atoms with Crippen LogP contribution >= 0.6 is 0 Å². The van der Waals surface area contributed by atoms with Gasteiger partial charge >= 0.3 is 0 Å². The minimum absolute atomic E-state index is 0.491. The van der Waals surface area contributed by atoms with Gasteiger partial charge in [0.15, 0.2) is 0 Å². The van der Waals surface area contributed by atoms with Gasteiger partial charge in [-0.1, -0.05) is 0 Å². The fraction of sp³-hybridized carbons (Fsp3) is 1.00. The van der Waals surface area contributed by atoms with Crippen molar-refractivity contribution >= 4 is 0 Å². The smallest absolute Gasteiger partial charge is 0.0465 e. The molecule has 1 rings (SSSR count). The lowest BCUT2D eigenvalue weighted by atomic mass is 10.3. The summed E-state index contributed by atoms with van der Waals surface area (Å²) in [6, 6.07) is 0.491. The van der Waals surface area contributed by atoms with Crippen molar-refractivity contribution in [2.45, 2.75) is 18.9 Å². The molecule has 2 nitrogen and oxygen atoms in total. The highest BCUT2D eigenvalue weighted by Crippen LogP contribution is 2.30. The van der Waals surface area contributed by atoms with E-state index >= 15 is 0 Å². The van der Waals surface area contributed by atoms with Crippen molar-refractivity contribution in [3.05, 3.63) is 0 Å². The van der Waals surface area contributed by atoms with Crippen LogP contribution in [0.2, 0.25) is 0 Å². The molecule has 2 atom stereocenters. The van der Waals surface area contributed by atoms with E-state index in [0.29, 0.717) is 6.04 Å². The molecule has 0 bridgehead atoms. The van der Waals surface area contributed by atoms with E-state index in [9.17, 15) is 0 Å². The van der Waals surface area contributed by atoms with E-state index in [1.54, 1.807) is 7.11 Å². The van der Waals surface area contributed by atoms with E-state index < -0.39 is 0 Å². The normalized spacial score (nSPS) is 35.2. The van der Waals surface area contributed by atoms with Gasteiger partial charge in [-0.15, -0.1) is 0 Å². The zero-order chi connectivity index (χ0) is 5.98. The molecule has 1 aliphatic rings. The van der Waals surface area contributed by atoms with E-state index in [1.165, 1.54) is 6.42 Å². The largest absolute Gasteiger partial charge is 0.385 e. The molecule has 0 aromatic carbocycles. The summed E-state index contributed by atoms with van der Waals surface area (Å²) in [7, 11) is 1.73. The van der Waals surface area contributed by atoms with E-state index in [2.05, 4.69) is 0 Å². The molecule has 0 aromatic heterocycles. The summed E-state index contributed by atoms with van der Waals surface area (Å²) in [5.74, 6) is 0.773. The van der Waals surface area contributed by atoms with Crippen LogP contribution in [-0.4, -0.2) is 19.8 Å². The van der Waals surface area contributed by atoms with Crippen LogP contribution < -0.4 is 5.73 Å². The van der Waals surface area contributed by atoms with Crippen molar-refractivity contribution in [2.75, 3.05) is 13.7 Å². The Hall–Kier alpha value is -0.0800. The van der Waals surface area contributed by atoms with Crippen molar-refractivity contribution in [2.24, 2.45) is 11.7 Å². The standard InChI is InChI=1S/C6H13NO/c1-8-3-2-5-4-6(5)7/h5-6H,2-4,7H2,1H3/t5-,6-/m1/s1. The summed E-state index contributed by atoms with van der Waals surface area (Å²) < 4.78 is 4.89. The molecule has 8 heavy (non-hydrogen) atoms. The summed E-state index contributed by atoms with van der Waals surface area (Å²) in [4.78, 5) is 0. The zero-order valence-electron chi connectivity index (χ0n) is 5.26. The van der Waals surface area contributed by atoms with Crippen molar-refractivity contribution < 1.29 is 4.74 Å². The lowest BCUT2D eigenvalue weighted by Gasteiger charge is -1.93. The van der Waals surface area contributed by atoms with Crippen LogP contribution in [-0.2, 0) is 4.74 Å². The Labute approximate surface area is 50.0 Å². The second-order valence-electron chi connectivity index (χ2n) is 2.44. The average Bonchev–Trinajstić information content (AvgIpc) is 2.42. The van der Waals surface area contributed by atoms with Gasteiger partial charge in [-0.25, -0.2) is 0 Å². The number of rotatable bonds is 3. The Morgan fingerprint density at radius 1 is 1.75 bits per heavy atom. The molecule has 0 aliphatic heterocycles. The number of nitrogens with two attached hydrogens (primary N) is 1. The zero-order valence-corrected chi connectivity index (χ0v) is 5.26. The molecule has 0 radical (unpaired) electrons. The second-order valence-corrected chi connectivity index (χ2v) is 2.44. The van der Waals surface area contributed by atoms with Gasteiger partial charge in [0.1, 0.15) is 0 Å². The molecule has 0 heterocycles. The van der Waals surface area contributed by atoms with Crippen LogP contribution in [0.5, 0.6) is 0 Å². The SMILES string of the molecule is COCC[C@@H]1C[C@H]1N. The lowest BCUT2D eigenvalue weighted by molar-refractivity contribution is 0.189. The number of methoxy groups -OCH3 is 1. The third-order valence-electron chi connectivity index (χ3n) is 1.67. The maximum Gasteiger partial charge on any atom is 0.0465 e. The first-order valence-corrected chi connectivity index (χ1v) is 3.09. The van der Waals surface area contributed by atoms with Gasteiger partial charge in [0, 0.05) is 19.8 Å². The van der Waals surface area contributed by atoms with Gasteiger partial charge in [-0.3, -0.25) is 0 Å². The lowest BCUT2D eigenvalue weighted by Crippen LogP contribution is -2.03. The molecule has 0 unspecified atom stereocenters. The maximum absolute atomic E-state index is 5.55. The Morgan fingerprint density at radius 2 is 2.38 bits per heavy atom. The summed E-state index contributed by atoms with van der Waals surface area (Å²) in [6.07, 6.45) is 2.36. The van der Waals surface area contributed by atoms with Gasteiger partial charge < -0.3 is 10.5 Å². The van der Waals surface area contributed by atoms with Crippen LogP contribution in [0, 0.1) is 5.92 Å². The van der Waals surface area contributed by atoms with Crippen LogP contribution in [0.15, 0.2) is 0 Å². The third kappa shape index (κ3) is 1.46. The molecule has 0 aromatic rings. The molecule has 1 saturated carbocycles. The van der Waals surface area contributed by atoms with Gasteiger partial charge in [0.25, 0.3) is 0 Å². The van der Waals surface area contributed by atoms with Gasteiger partial charge in [-0.2, -0.15) is 0 Å². The Morgan fingerprint density at radius 3 is 2.75 bits per heavy atom. The van der Waals surface area contributed by atoms with Gasteiger partial charge in [0.05, 0.1) is 0 Å². The van der Waals surface area contributed by atoms with Crippen LogP contribution in [0.1, 0.15) is 12.8 Å².